The second-order valence-electron chi connectivity index (χ2n) is 5.18. The molecule has 23 heavy (non-hydrogen) atoms. The highest BCUT2D eigenvalue weighted by molar-refractivity contribution is 6.00. The number of ketones is 1. The van der Waals surface area contributed by atoms with Crippen LogP contribution in [0.3, 0.4) is 0 Å². The number of carbonyl (C=O) groups excluding carboxylic acids is 1. The van der Waals surface area contributed by atoms with E-state index in [1.165, 1.54) is 6.07 Å². The molecule has 0 bridgehead atoms. The van der Waals surface area contributed by atoms with Crippen LogP contribution in [0.15, 0.2) is 48.5 Å². The number of para-hydroxylation sites is 1. The average Bonchev–Trinajstić information content (AvgIpc) is 2.51. The van der Waals surface area contributed by atoms with Crippen molar-refractivity contribution in [3.8, 4) is 5.75 Å². The van der Waals surface area contributed by atoms with Gasteiger partial charge in [0.1, 0.15) is 12.4 Å². The van der Waals surface area contributed by atoms with Crippen molar-refractivity contribution in [2.75, 3.05) is 6.61 Å². The molecule has 0 N–H and O–H groups in total. The molecule has 5 heteroatoms. The molecular weight excluding hydrogens is 305 g/mol. The van der Waals surface area contributed by atoms with Gasteiger partial charge in [0.05, 0.1) is 11.1 Å². The first-order valence-electron chi connectivity index (χ1n) is 7.07. The van der Waals surface area contributed by atoms with Crippen molar-refractivity contribution >= 4 is 11.9 Å². The fourth-order valence-electron chi connectivity index (χ4n) is 2.62. The number of Topliss-reactive ketones (excluding diaryl/α,β-unsaturated/α-hetero) is 1. The van der Waals surface area contributed by atoms with Gasteiger partial charge >= 0.3 is 6.18 Å². The molecule has 1 aliphatic heterocycles. The Hall–Kier alpha value is -2.56. The molecule has 0 unspecified atom stereocenters. The van der Waals surface area contributed by atoms with Crippen molar-refractivity contribution in [2.24, 2.45) is 0 Å². The molecule has 0 aromatic heterocycles. The van der Waals surface area contributed by atoms with Crippen LogP contribution in [-0.2, 0) is 12.6 Å². The van der Waals surface area contributed by atoms with Gasteiger partial charge in [-0.15, -0.1) is 0 Å². The number of ether oxygens (including phenoxy) is 1. The number of halogens is 3. The van der Waals surface area contributed by atoms with Crippen LogP contribution in [0.2, 0.25) is 0 Å². The third kappa shape index (κ3) is 3.13. The van der Waals surface area contributed by atoms with Crippen LogP contribution in [0.4, 0.5) is 13.2 Å². The van der Waals surface area contributed by atoms with E-state index in [-0.39, 0.29) is 18.6 Å². The van der Waals surface area contributed by atoms with E-state index in [0.717, 1.165) is 6.07 Å². The lowest BCUT2D eigenvalue weighted by atomic mass is 9.93. The quantitative estimate of drug-likeness (QED) is 0.713. The average molecular weight is 318 g/mol. The zero-order valence-electron chi connectivity index (χ0n) is 12.1. The Morgan fingerprint density at radius 3 is 2.57 bits per heavy atom. The molecule has 0 amide bonds. The molecule has 1 aliphatic rings. The molecule has 0 saturated heterocycles. The van der Waals surface area contributed by atoms with Crippen LogP contribution >= 0.6 is 0 Å². The zero-order valence-corrected chi connectivity index (χ0v) is 12.1. The standard InChI is InChI=1S/C18H13F3O2/c19-18(20,21)15-8-3-5-12-6-4-10-23-17-9-2-1-7-13(17)16(22)11-14(12)15/h1-9H,10-11H2/b6-4-. The van der Waals surface area contributed by atoms with Gasteiger partial charge in [-0.2, -0.15) is 13.2 Å². The molecule has 118 valence electrons. The first kappa shape index (κ1) is 15.3. The zero-order chi connectivity index (χ0) is 16.4. The van der Waals surface area contributed by atoms with E-state index >= 15 is 0 Å². The number of alkyl halides is 3. The molecule has 0 aliphatic carbocycles. The number of hydrogen-bond donors (Lipinski definition) is 0. The molecule has 0 spiro atoms. The van der Waals surface area contributed by atoms with Gasteiger partial charge in [0.25, 0.3) is 0 Å². The number of hydrogen-bond acceptors (Lipinski definition) is 2. The van der Waals surface area contributed by atoms with Gasteiger partial charge in [-0.3, -0.25) is 4.79 Å². The molecule has 2 nitrogen and oxygen atoms in total. The molecule has 2 aromatic rings. The summed E-state index contributed by atoms with van der Waals surface area (Å²) in [7, 11) is 0. The third-order valence-electron chi connectivity index (χ3n) is 3.67. The van der Waals surface area contributed by atoms with E-state index in [1.54, 1.807) is 42.5 Å². The first-order valence-corrected chi connectivity index (χ1v) is 7.07. The summed E-state index contributed by atoms with van der Waals surface area (Å²) in [4.78, 5) is 12.5. The Labute approximate surface area is 131 Å². The summed E-state index contributed by atoms with van der Waals surface area (Å²) in [5.74, 6) is -0.0102. The molecule has 2 aromatic carbocycles. The molecular formula is C18H13F3O2. The van der Waals surface area contributed by atoms with Crippen LogP contribution in [0.1, 0.15) is 27.0 Å². The third-order valence-corrected chi connectivity index (χ3v) is 3.67. The minimum absolute atomic E-state index is 0.00190. The fraction of sp³-hybridized carbons (Fsp3) is 0.167. The highest BCUT2D eigenvalue weighted by atomic mass is 19.4. The predicted molar refractivity (Wildman–Crippen MR) is 80.4 cm³/mol. The van der Waals surface area contributed by atoms with E-state index in [4.69, 9.17) is 4.74 Å². The molecule has 0 fully saturated rings. The second kappa shape index (κ2) is 5.91. The van der Waals surface area contributed by atoms with Crippen molar-refractivity contribution < 1.29 is 22.7 Å². The minimum Gasteiger partial charge on any atom is -0.489 e. The van der Waals surface area contributed by atoms with Gasteiger partial charge in [0.2, 0.25) is 0 Å². The van der Waals surface area contributed by atoms with E-state index in [0.29, 0.717) is 16.9 Å². The largest absolute Gasteiger partial charge is 0.489 e. The predicted octanol–water partition coefficient (Wildman–Crippen LogP) is 4.54. The van der Waals surface area contributed by atoms with Gasteiger partial charge in [0, 0.05) is 6.42 Å². The Morgan fingerprint density at radius 2 is 1.78 bits per heavy atom. The summed E-state index contributed by atoms with van der Waals surface area (Å²) in [6, 6.07) is 10.5. The fourth-order valence-corrected chi connectivity index (χ4v) is 2.62. The summed E-state index contributed by atoms with van der Waals surface area (Å²) in [5, 5.41) is 0. The smallest absolute Gasteiger partial charge is 0.416 e. The van der Waals surface area contributed by atoms with Crippen molar-refractivity contribution in [1.82, 2.24) is 0 Å². The maximum Gasteiger partial charge on any atom is 0.416 e. The summed E-state index contributed by atoms with van der Waals surface area (Å²) >= 11 is 0. The lowest BCUT2D eigenvalue weighted by Crippen LogP contribution is -2.15. The second-order valence-corrected chi connectivity index (χ2v) is 5.18. The molecule has 1 heterocycles. The van der Waals surface area contributed by atoms with Crippen molar-refractivity contribution in [3.63, 3.8) is 0 Å². The molecule has 0 radical (unpaired) electrons. The van der Waals surface area contributed by atoms with Crippen LogP contribution < -0.4 is 4.74 Å². The number of carbonyl (C=O) groups is 1. The van der Waals surface area contributed by atoms with Crippen LogP contribution in [0.25, 0.3) is 6.08 Å². The van der Waals surface area contributed by atoms with Gasteiger partial charge in [0.15, 0.2) is 5.78 Å². The van der Waals surface area contributed by atoms with E-state index < -0.39 is 17.5 Å². The van der Waals surface area contributed by atoms with Gasteiger partial charge in [-0.05, 0) is 35.4 Å². The van der Waals surface area contributed by atoms with E-state index in [1.807, 2.05) is 0 Å². The summed E-state index contributed by atoms with van der Waals surface area (Å²) in [6.45, 7) is 0.181. The lowest BCUT2D eigenvalue weighted by Gasteiger charge is -2.17. The maximum absolute atomic E-state index is 13.3. The number of rotatable bonds is 0. The summed E-state index contributed by atoms with van der Waals surface area (Å²) in [6.07, 6.45) is -1.62. The van der Waals surface area contributed by atoms with Crippen LogP contribution in [0, 0.1) is 0 Å². The van der Waals surface area contributed by atoms with Crippen molar-refractivity contribution in [1.29, 1.82) is 0 Å². The monoisotopic (exact) mass is 318 g/mol. The highest BCUT2D eigenvalue weighted by Crippen LogP contribution is 2.35. The molecule has 0 atom stereocenters. The van der Waals surface area contributed by atoms with Crippen molar-refractivity contribution in [3.05, 3.63) is 70.8 Å². The molecule has 3 rings (SSSR count). The van der Waals surface area contributed by atoms with Gasteiger partial charge < -0.3 is 4.74 Å². The van der Waals surface area contributed by atoms with Crippen LogP contribution in [-0.4, -0.2) is 12.4 Å². The van der Waals surface area contributed by atoms with Crippen molar-refractivity contribution in [2.45, 2.75) is 12.6 Å². The normalized spacial score (nSPS) is 16.0. The first-order chi connectivity index (χ1) is 11.0. The Bertz CT molecular complexity index is 776. The van der Waals surface area contributed by atoms with Gasteiger partial charge in [-0.1, -0.05) is 30.3 Å². The highest BCUT2D eigenvalue weighted by Gasteiger charge is 2.34. The topological polar surface area (TPSA) is 26.3 Å². The minimum atomic E-state index is -4.50. The van der Waals surface area contributed by atoms with E-state index in [9.17, 15) is 18.0 Å². The number of fused-ring (bicyclic) bond motifs is 2. The Balaban J connectivity index is 2.14. The Morgan fingerprint density at radius 1 is 1.00 bits per heavy atom. The summed E-state index contributed by atoms with van der Waals surface area (Å²) in [5.41, 5.74) is -0.0909. The van der Waals surface area contributed by atoms with E-state index in [2.05, 4.69) is 0 Å². The molecule has 0 saturated carbocycles. The lowest BCUT2D eigenvalue weighted by molar-refractivity contribution is -0.138. The summed E-state index contributed by atoms with van der Waals surface area (Å²) < 4.78 is 45.3. The maximum atomic E-state index is 13.3. The number of benzene rings is 2. The van der Waals surface area contributed by atoms with Crippen LogP contribution in [0.5, 0.6) is 5.75 Å². The van der Waals surface area contributed by atoms with Gasteiger partial charge in [-0.25, -0.2) is 0 Å². The Kier molecular flexibility index (Phi) is 3.94. The SMILES string of the molecule is O=C1Cc2c(cccc2C(F)(F)F)/C=C\COc2ccccc21.